The van der Waals surface area contributed by atoms with Gasteiger partial charge in [0.25, 0.3) is 5.91 Å². The second kappa shape index (κ2) is 12.6. The summed E-state index contributed by atoms with van der Waals surface area (Å²) in [6.07, 6.45) is 1.53. The van der Waals surface area contributed by atoms with Crippen molar-refractivity contribution in [2.45, 2.75) is 6.54 Å². The van der Waals surface area contributed by atoms with E-state index in [9.17, 15) is 4.79 Å². The third-order valence-corrected chi connectivity index (χ3v) is 5.67. The van der Waals surface area contributed by atoms with Crippen molar-refractivity contribution in [3.05, 3.63) is 95.1 Å². The minimum absolute atomic E-state index is 0.293. The molecule has 0 bridgehead atoms. The number of anilines is 1. The van der Waals surface area contributed by atoms with Gasteiger partial charge in [0.1, 0.15) is 18.2 Å². The van der Waals surface area contributed by atoms with Gasteiger partial charge < -0.3 is 24.8 Å². The molecule has 0 atom stereocenters. The lowest BCUT2D eigenvalue weighted by Crippen LogP contribution is -2.28. The van der Waals surface area contributed by atoms with Crippen LogP contribution in [0.1, 0.15) is 15.9 Å². The lowest BCUT2D eigenvalue weighted by molar-refractivity contribution is 0.0947. The van der Waals surface area contributed by atoms with Gasteiger partial charge in [0.05, 0.1) is 26.3 Å². The first-order valence-electron chi connectivity index (χ1n) is 11.6. The van der Waals surface area contributed by atoms with E-state index >= 15 is 0 Å². The Kier molecular flexibility index (Phi) is 8.78. The molecule has 2 heterocycles. The van der Waals surface area contributed by atoms with Crippen LogP contribution in [0, 0.1) is 0 Å². The summed E-state index contributed by atoms with van der Waals surface area (Å²) in [4.78, 5) is 22.0. The van der Waals surface area contributed by atoms with Crippen LogP contribution < -0.4 is 24.8 Å². The molecule has 37 heavy (non-hydrogen) atoms. The number of nitrogens with zero attached hydrogens (tertiary/aromatic N) is 2. The van der Waals surface area contributed by atoms with Gasteiger partial charge in [-0.05, 0) is 42.0 Å². The highest BCUT2D eigenvalue weighted by atomic mass is 35.5. The van der Waals surface area contributed by atoms with Crippen molar-refractivity contribution in [2.24, 2.45) is 0 Å². The summed E-state index contributed by atoms with van der Waals surface area (Å²) < 4.78 is 16.4. The molecule has 4 aromatic rings. The van der Waals surface area contributed by atoms with E-state index in [0.29, 0.717) is 59.0 Å². The molecule has 9 heteroatoms. The van der Waals surface area contributed by atoms with Crippen molar-refractivity contribution in [1.29, 1.82) is 0 Å². The van der Waals surface area contributed by atoms with Crippen molar-refractivity contribution in [2.75, 3.05) is 32.7 Å². The molecule has 2 aromatic heterocycles. The number of hydrogen-bond acceptors (Lipinski definition) is 7. The smallest absolute Gasteiger partial charge is 0.253 e. The first-order chi connectivity index (χ1) is 18.1. The highest BCUT2D eigenvalue weighted by Crippen LogP contribution is 2.34. The minimum atomic E-state index is -0.293. The Morgan fingerprint density at radius 3 is 2.54 bits per heavy atom. The number of pyridine rings is 2. The third-order valence-electron chi connectivity index (χ3n) is 5.44. The predicted octanol–water partition coefficient (Wildman–Crippen LogP) is 5.24. The minimum Gasteiger partial charge on any atom is -0.492 e. The monoisotopic (exact) mass is 518 g/mol. The molecule has 0 aliphatic heterocycles. The SMILES string of the molecule is COc1ccc(-c2cc(NCc3cccc(Cl)c3)ncc2C(=O)NCCOc2ccccc2)c(OC)n1. The van der Waals surface area contributed by atoms with Gasteiger partial charge in [0, 0.05) is 35.0 Å². The van der Waals surface area contributed by atoms with Crippen molar-refractivity contribution >= 4 is 23.3 Å². The lowest BCUT2D eigenvalue weighted by atomic mass is 10.0. The number of nitrogens with one attached hydrogen (secondary N) is 2. The van der Waals surface area contributed by atoms with E-state index in [2.05, 4.69) is 20.6 Å². The predicted molar refractivity (Wildman–Crippen MR) is 144 cm³/mol. The van der Waals surface area contributed by atoms with E-state index in [1.165, 1.54) is 20.4 Å². The highest BCUT2D eigenvalue weighted by Gasteiger charge is 2.19. The Bertz CT molecular complexity index is 1350. The van der Waals surface area contributed by atoms with Crippen LogP contribution in [0.5, 0.6) is 17.5 Å². The van der Waals surface area contributed by atoms with Crippen LogP contribution in [0.15, 0.2) is 79.0 Å². The number of benzene rings is 2. The Hall–Kier alpha value is -4.30. The van der Waals surface area contributed by atoms with E-state index in [1.54, 1.807) is 18.2 Å². The molecule has 0 saturated heterocycles. The quantitative estimate of drug-likeness (QED) is 0.262. The van der Waals surface area contributed by atoms with Gasteiger partial charge >= 0.3 is 0 Å². The standard InChI is InChI=1S/C28H27ClN4O4/c1-35-26-12-11-22(28(33-26)36-2)23-16-25(31-17-19-7-6-8-20(29)15-19)32-18-24(23)27(34)30-13-14-37-21-9-4-3-5-10-21/h3-12,15-16,18H,13-14,17H2,1-2H3,(H,30,34)(H,31,32). The zero-order chi connectivity index (χ0) is 26.0. The van der Waals surface area contributed by atoms with Crippen LogP contribution in [0.3, 0.4) is 0 Å². The van der Waals surface area contributed by atoms with Crippen LogP contribution in [0.2, 0.25) is 5.02 Å². The zero-order valence-electron chi connectivity index (χ0n) is 20.5. The van der Waals surface area contributed by atoms with Crippen LogP contribution >= 0.6 is 11.6 Å². The molecule has 8 nitrogen and oxygen atoms in total. The normalized spacial score (nSPS) is 10.5. The number of hydrogen-bond donors (Lipinski definition) is 2. The van der Waals surface area contributed by atoms with Gasteiger partial charge in [-0.1, -0.05) is 41.9 Å². The first kappa shape index (κ1) is 25.8. The van der Waals surface area contributed by atoms with E-state index in [0.717, 1.165) is 11.3 Å². The molecule has 0 unspecified atom stereocenters. The topological polar surface area (TPSA) is 94.6 Å². The maximum atomic E-state index is 13.2. The first-order valence-corrected chi connectivity index (χ1v) is 12.0. The average Bonchev–Trinajstić information content (AvgIpc) is 2.94. The van der Waals surface area contributed by atoms with E-state index in [-0.39, 0.29) is 5.91 Å². The summed E-state index contributed by atoms with van der Waals surface area (Å²) in [5, 5.41) is 6.84. The van der Waals surface area contributed by atoms with Crippen LogP contribution in [0.4, 0.5) is 5.82 Å². The van der Waals surface area contributed by atoms with Crippen molar-refractivity contribution < 1.29 is 19.0 Å². The number of carbonyl (C=O) groups is 1. The molecule has 0 spiro atoms. The van der Waals surface area contributed by atoms with Crippen molar-refractivity contribution in [1.82, 2.24) is 15.3 Å². The summed E-state index contributed by atoms with van der Waals surface area (Å²) in [6.45, 7) is 1.15. The number of carbonyl (C=O) groups excluding carboxylic acids is 1. The van der Waals surface area contributed by atoms with Crippen LogP contribution in [-0.2, 0) is 6.54 Å². The molecule has 190 valence electrons. The van der Waals surface area contributed by atoms with E-state index in [1.807, 2.05) is 54.6 Å². The number of para-hydroxylation sites is 1. The Morgan fingerprint density at radius 2 is 1.78 bits per heavy atom. The second-order valence-corrected chi connectivity index (χ2v) is 8.36. The fourth-order valence-corrected chi connectivity index (χ4v) is 3.85. The number of halogens is 1. The third kappa shape index (κ3) is 6.89. The fourth-order valence-electron chi connectivity index (χ4n) is 3.64. The number of methoxy groups -OCH3 is 2. The number of amides is 1. The zero-order valence-corrected chi connectivity index (χ0v) is 21.3. The summed E-state index contributed by atoms with van der Waals surface area (Å²) in [7, 11) is 3.05. The summed E-state index contributed by atoms with van der Waals surface area (Å²) in [5.74, 6) is 1.75. The van der Waals surface area contributed by atoms with Gasteiger partial charge in [-0.15, -0.1) is 0 Å². The molecule has 2 aromatic carbocycles. The van der Waals surface area contributed by atoms with Crippen molar-refractivity contribution in [3.8, 4) is 28.6 Å². The molecule has 4 rings (SSSR count). The number of aromatic nitrogens is 2. The molecule has 2 N–H and O–H groups in total. The maximum absolute atomic E-state index is 13.2. The van der Waals surface area contributed by atoms with Crippen molar-refractivity contribution in [3.63, 3.8) is 0 Å². The number of rotatable bonds is 11. The second-order valence-electron chi connectivity index (χ2n) is 7.93. The average molecular weight is 519 g/mol. The summed E-state index contributed by atoms with van der Waals surface area (Å²) in [5.41, 5.74) is 2.61. The molecule has 0 fully saturated rings. The Balaban J connectivity index is 1.56. The van der Waals surface area contributed by atoms with Gasteiger partial charge in [0.15, 0.2) is 0 Å². The molecular formula is C28H27ClN4O4. The highest BCUT2D eigenvalue weighted by molar-refractivity contribution is 6.30. The molecular weight excluding hydrogens is 492 g/mol. The summed E-state index contributed by atoms with van der Waals surface area (Å²) >= 11 is 6.10. The summed E-state index contributed by atoms with van der Waals surface area (Å²) in [6, 6.07) is 22.3. The van der Waals surface area contributed by atoms with Crippen LogP contribution in [0.25, 0.3) is 11.1 Å². The molecule has 0 saturated carbocycles. The van der Waals surface area contributed by atoms with Gasteiger partial charge in [0.2, 0.25) is 11.8 Å². The molecule has 0 aliphatic rings. The molecule has 1 amide bonds. The van der Waals surface area contributed by atoms with Gasteiger partial charge in [-0.2, -0.15) is 4.98 Å². The Labute approximate surface area is 220 Å². The Morgan fingerprint density at radius 1 is 0.946 bits per heavy atom. The molecule has 0 radical (unpaired) electrons. The maximum Gasteiger partial charge on any atom is 0.253 e. The van der Waals surface area contributed by atoms with E-state index in [4.69, 9.17) is 25.8 Å². The van der Waals surface area contributed by atoms with E-state index < -0.39 is 0 Å². The van der Waals surface area contributed by atoms with Crippen LogP contribution in [-0.4, -0.2) is 43.2 Å². The largest absolute Gasteiger partial charge is 0.492 e. The molecule has 0 aliphatic carbocycles. The van der Waals surface area contributed by atoms with Gasteiger partial charge in [-0.3, -0.25) is 4.79 Å². The lowest BCUT2D eigenvalue weighted by Gasteiger charge is -2.15. The fraction of sp³-hybridized carbons (Fsp3) is 0.179. The number of ether oxygens (including phenoxy) is 3. The van der Waals surface area contributed by atoms with Gasteiger partial charge in [-0.25, -0.2) is 4.98 Å².